The number of nitrogen functional groups attached to an aromatic ring is 1. The van der Waals surface area contributed by atoms with Crippen LogP contribution in [0.15, 0.2) is 48.8 Å². The molecule has 104 valence electrons. The third kappa shape index (κ3) is 2.51. The second-order valence-corrected chi connectivity index (χ2v) is 4.67. The fraction of sp³-hybridized carbons (Fsp3) is 0.0667. The zero-order chi connectivity index (χ0) is 14.8. The van der Waals surface area contributed by atoms with Crippen molar-refractivity contribution in [1.29, 1.82) is 0 Å². The standard InChI is InChI=1S/C15H12N4O2/c16-15-12-6-5-10(8-13(12)17-9-18-15)7-11-3-1-2-4-14(11)19(20)21/h1-6,8-9H,7H2,(H2,16,17,18). The van der Waals surface area contributed by atoms with Crippen molar-refractivity contribution in [2.45, 2.75) is 6.42 Å². The molecule has 0 aliphatic carbocycles. The van der Waals surface area contributed by atoms with E-state index in [1.807, 2.05) is 18.2 Å². The summed E-state index contributed by atoms with van der Waals surface area (Å²) in [6.07, 6.45) is 1.88. The first-order valence-electron chi connectivity index (χ1n) is 6.36. The molecular weight excluding hydrogens is 268 g/mol. The first-order valence-corrected chi connectivity index (χ1v) is 6.36. The molecule has 0 saturated heterocycles. The van der Waals surface area contributed by atoms with Crippen LogP contribution >= 0.6 is 0 Å². The average Bonchev–Trinajstić information content (AvgIpc) is 2.48. The van der Waals surface area contributed by atoms with Gasteiger partial charge in [-0.3, -0.25) is 10.1 Å². The van der Waals surface area contributed by atoms with Crippen molar-refractivity contribution in [2.24, 2.45) is 0 Å². The number of rotatable bonds is 3. The van der Waals surface area contributed by atoms with Crippen LogP contribution in [0.4, 0.5) is 11.5 Å². The number of fused-ring (bicyclic) bond motifs is 1. The van der Waals surface area contributed by atoms with Crippen LogP contribution in [0.1, 0.15) is 11.1 Å². The van der Waals surface area contributed by atoms with Crippen molar-refractivity contribution in [1.82, 2.24) is 9.97 Å². The van der Waals surface area contributed by atoms with Gasteiger partial charge in [0.2, 0.25) is 0 Å². The third-order valence-electron chi connectivity index (χ3n) is 3.31. The first-order chi connectivity index (χ1) is 10.1. The molecule has 3 rings (SSSR count). The van der Waals surface area contributed by atoms with E-state index in [0.29, 0.717) is 17.8 Å². The maximum atomic E-state index is 11.0. The Morgan fingerprint density at radius 3 is 2.76 bits per heavy atom. The van der Waals surface area contributed by atoms with Gasteiger partial charge < -0.3 is 5.73 Å². The Kier molecular flexibility index (Phi) is 3.19. The summed E-state index contributed by atoms with van der Waals surface area (Å²) < 4.78 is 0. The van der Waals surface area contributed by atoms with Crippen LogP contribution in [-0.2, 0) is 6.42 Å². The van der Waals surface area contributed by atoms with Crippen LogP contribution < -0.4 is 5.73 Å². The van der Waals surface area contributed by atoms with Gasteiger partial charge in [-0.25, -0.2) is 9.97 Å². The molecule has 21 heavy (non-hydrogen) atoms. The molecule has 2 N–H and O–H groups in total. The zero-order valence-electron chi connectivity index (χ0n) is 11.1. The predicted molar refractivity (Wildman–Crippen MR) is 79.9 cm³/mol. The minimum absolute atomic E-state index is 0.125. The number of nitro groups is 1. The van der Waals surface area contributed by atoms with Crippen LogP contribution in [0.5, 0.6) is 0 Å². The lowest BCUT2D eigenvalue weighted by Gasteiger charge is -2.05. The van der Waals surface area contributed by atoms with Gasteiger partial charge in [0.1, 0.15) is 12.1 Å². The number of benzene rings is 2. The molecule has 6 nitrogen and oxygen atoms in total. The van der Waals surface area contributed by atoms with Crippen molar-refractivity contribution in [3.8, 4) is 0 Å². The van der Waals surface area contributed by atoms with Gasteiger partial charge in [-0.05, 0) is 17.7 Å². The molecule has 0 aliphatic rings. The molecule has 1 aromatic heterocycles. The number of nitrogens with zero attached hydrogens (tertiary/aromatic N) is 3. The zero-order valence-corrected chi connectivity index (χ0v) is 11.1. The largest absolute Gasteiger partial charge is 0.383 e. The van der Waals surface area contributed by atoms with E-state index >= 15 is 0 Å². The van der Waals surface area contributed by atoms with Crippen LogP contribution in [0.2, 0.25) is 0 Å². The van der Waals surface area contributed by atoms with E-state index in [1.165, 1.54) is 12.4 Å². The summed E-state index contributed by atoms with van der Waals surface area (Å²) in [5.74, 6) is 0.428. The highest BCUT2D eigenvalue weighted by molar-refractivity contribution is 5.88. The Morgan fingerprint density at radius 1 is 1.14 bits per heavy atom. The number of para-hydroxylation sites is 1. The average molecular weight is 280 g/mol. The molecule has 1 heterocycles. The summed E-state index contributed by atoms with van der Waals surface area (Å²) in [7, 11) is 0. The van der Waals surface area contributed by atoms with E-state index in [2.05, 4.69) is 9.97 Å². The van der Waals surface area contributed by atoms with Crippen LogP contribution in [0, 0.1) is 10.1 Å². The molecule has 0 amide bonds. The molecule has 0 aliphatic heterocycles. The summed E-state index contributed by atoms with van der Waals surface area (Å²) in [5.41, 5.74) is 8.25. The van der Waals surface area contributed by atoms with E-state index in [-0.39, 0.29) is 10.6 Å². The second-order valence-electron chi connectivity index (χ2n) is 4.67. The van der Waals surface area contributed by atoms with Gasteiger partial charge in [-0.15, -0.1) is 0 Å². The molecule has 2 aromatic carbocycles. The van der Waals surface area contributed by atoms with E-state index in [4.69, 9.17) is 5.73 Å². The highest BCUT2D eigenvalue weighted by atomic mass is 16.6. The molecule has 0 spiro atoms. The molecule has 0 fully saturated rings. The van der Waals surface area contributed by atoms with Crippen molar-refractivity contribution in [3.63, 3.8) is 0 Å². The van der Waals surface area contributed by atoms with Crippen molar-refractivity contribution in [3.05, 3.63) is 70.0 Å². The lowest BCUT2D eigenvalue weighted by Crippen LogP contribution is -1.97. The quantitative estimate of drug-likeness (QED) is 0.588. The van der Waals surface area contributed by atoms with E-state index < -0.39 is 0 Å². The van der Waals surface area contributed by atoms with Gasteiger partial charge >= 0.3 is 0 Å². The van der Waals surface area contributed by atoms with Crippen molar-refractivity contribution in [2.75, 3.05) is 5.73 Å². The van der Waals surface area contributed by atoms with Crippen molar-refractivity contribution < 1.29 is 4.92 Å². The van der Waals surface area contributed by atoms with Gasteiger partial charge in [0.15, 0.2) is 0 Å². The summed E-state index contributed by atoms with van der Waals surface area (Å²) in [6.45, 7) is 0. The number of nitro benzene ring substituents is 1. The SMILES string of the molecule is Nc1ncnc2cc(Cc3ccccc3[N+](=O)[O-])ccc12. The first kappa shape index (κ1) is 13.0. The molecule has 0 atom stereocenters. The summed E-state index contributed by atoms with van der Waals surface area (Å²) >= 11 is 0. The number of hydrogen-bond donors (Lipinski definition) is 1. The topological polar surface area (TPSA) is 94.9 Å². The fourth-order valence-corrected chi connectivity index (χ4v) is 2.29. The molecular formula is C15H12N4O2. The van der Waals surface area contributed by atoms with Gasteiger partial charge in [0, 0.05) is 23.4 Å². The van der Waals surface area contributed by atoms with Gasteiger partial charge in [-0.1, -0.05) is 24.3 Å². The van der Waals surface area contributed by atoms with Crippen LogP contribution in [0.25, 0.3) is 10.9 Å². The second kappa shape index (κ2) is 5.16. The van der Waals surface area contributed by atoms with Crippen LogP contribution in [-0.4, -0.2) is 14.9 Å². The Bertz CT molecular complexity index is 833. The van der Waals surface area contributed by atoms with Crippen molar-refractivity contribution >= 4 is 22.4 Å². The van der Waals surface area contributed by atoms with E-state index in [1.54, 1.807) is 18.2 Å². The fourth-order valence-electron chi connectivity index (χ4n) is 2.29. The molecule has 0 saturated carbocycles. The van der Waals surface area contributed by atoms with Gasteiger partial charge in [-0.2, -0.15) is 0 Å². The summed E-state index contributed by atoms with van der Waals surface area (Å²) in [5, 5.41) is 11.8. The summed E-state index contributed by atoms with van der Waals surface area (Å²) in [6, 6.07) is 12.3. The lowest BCUT2D eigenvalue weighted by molar-refractivity contribution is -0.385. The molecule has 0 bridgehead atoms. The number of nitrogens with two attached hydrogens (primary N) is 1. The highest BCUT2D eigenvalue weighted by Crippen LogP contribution is 2.23. The maximum Gasteiger partial charge on any atom is 0.272 e. The third-order valence-corrected chi connectivity index (χ3v) is 3.31. The Labute approximate surface area is 120 Å². The number of anilines is 1. The van der Waals surface area contributed by atoms with Crippen LogP contribution in [0.3, 0.4) is 0 Å². The van der Waals surface area contributed by atoms with Gasteiger partial charge in [0.25, 0.3) is 5.69 Å². The normalized spacial score (nSPS) is 10.7. The van der Waals surface area contributed by atoms with E-state index in [9.17, 15) is 10.1 Å². The minimum Gasteiger partial charge on any atom is -0.383 e. The smallest absolute Gasteiger partial charge is 0.272 e. The number of hydrogen-bond acceptors (Lipinski definition) is 5. The van der Waals surface area contributed by atoms with Gasteiger partial charge in [0.05, 0.1) is 10.4 Å². The molecule has 0 radical (unpaired) electrons. The Balaban J connectivity index is 2.01. The summed E-state index contributed by atoms with van der Waals surface area (Å²) in [4.78, 5) is 18.8. The number of aromatic nitrogens is 2. The molecule has 0 unspecified atom stereocenters. The Morgan fingerprint density at radius 2 is 1.95 bits per heavy atom. The van der Waals surface area contributed by atoms with E-state index in [0.717, 1.165) is 16.5 Å². The molecule has 3 aromatic rings. The highest BCUT2D eigenvalue weighted by Gasteiger charge is 2.13. The lowest BCUT2D eigenvalue weighted by atomic mass is 10.0. The predicted octanol–water partition coefficient (Wildman–Crippen LogP) is 2.71. The minimum atomic E-state index is -0.365. The molecule has 6 heteroatoms. The maximum absolute atomic E-state index is 11.0. The monoisotopic (exact) mass is 280 g/mol. The Hall–Kier alpha value is -3.02.